The van der Waals surface area contributed by atoms with Crippen LogP contribution in [0.15, 0.2) is 4.99 Å². The Morgan fingerprint density at radius 3 is 3.00 bits per heavy atom. The van der Waals surface area contributed by atoms with Gasteiger partial charge in [0.1, 0.15) is 0 Å². The third-order valence-corrected chi connectivity index (χ3v) is 3.60. The lowest BCUT2D eigenvalue weighted by Gasteiger charge is -2.12. The molecule has 104 valence electrons. The molecule has 1 heterocycles. The maximum absolute atomic E-state index is 11.2. The number of hydrogen-bond acceptors (Lipinski definition) is 4. The molecule has 0 radical (unpaired) electrons. The van der Waals surface area contributed by atoms with Crippen LogP contribution in [-0.2, 0) is 9.53 Å². The molecule has 0 saturated heterocycles. The number of methoxy groups -OCH3 is 1. The smallest absolute Gasteiger partial charge is 0.308 e. The van der Waals surface area contributed by atoms with E-state index in [0.717, 1.165) is 44.4 Å². The number of carbonyl (C=O) groups is 1. The van der Waals surface area contributed by atoms with Gasteiger partial charge >= 0.3 is 5.97 Å². The van der Waals surface area contributed by atoms with Crippen LogP contribution >= 0.6 is 0 Å². The largest absolute Gasteiger partial charge is 0.469 e. The van der Waals surface area contributed by atoms with Crippen molar-refractivity contribution in [1.29, 1.82) is 0 Å². The Bertz CT molecular complexity index is 290. The molecule has 4 nitrogen and oxygen atoms in total. The summed E-state index contributed by atoms with van der Waals surface area (Å²) in [5.74, 6) is 0.727. The molecule has 18 heavy (non-hydrogen) atoms. The molecule has 0 saturated carbocycles. The van der Waals surface area contributed by atoms with Gasteiger partial charge in [-0.3, -0.25) is 9.79 Å². The van der Waals surface area contributed by atoms with Crippen LogP contribution in [0.25, 0.3) is 0 Å². The number of carbonyl (C=O) groups excluding carboxylic acids is 1. The van der Waals surface area contributed by atoms with E-state index in [9.17, 15) is 4.79 Å². The molecule has 2 atom stereocenters. The third-order valence-electron chi connectivity index (χ3n) is 3.60. The van der Waals surface area contributed by atoms with Crippen molar-refractivity contribution in [2.75, 3.05) is 7.11 Å². The van der Waals surface area contributed by atoms with Crippen molar-refractivity contribution in [2.45, 2.75) is 64.3 Å². The first-order chi connectivity index (χ1) is 8.63. The predicted molar refractivity (Wildman–Crippen MR) is 73.5 cm³/mol. The van der Waals surface area contributed by atoms with Gasteiger partial charge in [-0.1, -0.05) is 26.2 Å². The van der Waals surface area contributed by atoms with Gasteiger partial charge in [0.15, 0.2) is 0 Å². The summed E-state index contributed by atoms with van der Waals surface area (Å²) in [6.45, 7) is 1.92. The lowest BCUT2D eigenvalue weighted by atomic mass is 10.00. The van der Waals surface area contributed by atoms with E-state index < -0.39 is 0 Å². The van der Waals surface area contributed by atoms with Crippen molar-refractivity contribution in [2.24, 2.45) is 16.6 Å². The van der Waals surface area contributed by atoms with E-state index in [0.29, 0.717) is 6.04 Å². The molecular weight excluding hydrogens is 228 g/mol. The Balaban J connectivity index is 2.17. The monoisotopic (exact) mass is 254 g/mol. The Hall–Kier alpha value is -1.06. The number of amidine groups is 1. The predicted octanol–water partition coefficient (Wildman–Crippen LogP) is 2.66. The molecule has 1 aliphatic heterocycles. The summed E-state index contributed by atoms with van der Waals surface area (Å²) in [7, 11) is 1.45. The normalized spacial score (nSPS) is 21.9. The van der Waals surface area contributed by atoms with Gasteiger partial charge in [-0.2, -0.15) is 0 Å². The van der Waals surface area contributed by atoms with E-state index in [1.807, 2.05) is 6.92 Å². The number of esters is 1. The second-order valence-corrected chi connectivity index (χ2v) is 5.23. The number of aliphatic imine (C=N–C) groups is 1. The Morgan fingerprint density at radius 1 is 1.50 bits per heavy atom. The van der Waals surface area contributed by atoms with E-state index in [1.54, 1.807) is 0 Å². The molecule has 0 aromatic heterocycles. The fourth-order valence-electron chi connectivity index (χ4n) is 2.41. The van der Waals surface area contributed by atoms with Gasteiger partial charge in [-0.05, 0) is 25.7 Å². The maximum atomic E-state index is 11.2. The lowest BCUT2D eigenvalue weighted by molar-refractivity contribution is -0.145. The average molecular weight is 254 g/mol. The van der Waals surface area contributed by atoms with Crippen molar-refractivity contribution in [3.63, 3.8) is 0 Å². The summed E-state index contributed by atoms with van der Waals surface area (Å²) in [5.41, 5.74) is 5.82. The molecule has 0 aliphatic carbocycles. The minimum absolute atomic E-state index is 0.0118. The molecule has 0 amide bonds. The summed E-state index contributed by atoms with van der Waals surface area (Å²) in [4.78, 5) is 15.8. The van der Waals surface area contributed by atoms with Crippen LogP contribution in [0.4, 0.5) is 0 Å². The molecule has 1 unspecified atom stereocenters. The SMILES string of the molecule is COC(=O)[C@@H](C)CCCCC1CCCCC(N)=N1. The van der Waals surface area contributed by atoms with Gasteiger partial charge in [0.05, 0.1) is 24.9 Å². The highest BCUT2D eigenvalue weighted by molar-refractivity contribution is 5.80. The van der Waals surface area contributed by atoms with Crippen LogP contribution < -0.4 is 5.73 Å². The van der Waals surface area contributed by atoms with Crippen LogP contribution in [0.1, 0.15) is 58.3 Å². The second kappa shape index (κ2) is 8.11. The van der Waals surface area contributed by atoms with Gasteiger partial charge in [0.25, 0.3) is 0 Å². The second-order valence-electron chi connectivity index (χ2n) is 5.23. The third kappa shape index (κ3) is 5.52. The highest BCUT2D eigenvalue weighted by atomic mass is 16.5. The first kappa shape index (κ1) is 15.0. The van der Waals surface area contributed by atoms with Crippen molar-refractivity contribution in [3.8, 4) is 0 Å². The number of nitrogens with two attached hydrogens (primary N) is 1. The summed E-state index contributed by atoms with van der Waals surface area (Å²) in [6, 6.07) is 0.404. The standard InChI is InChI=1S/C14H26N2O2/c1-11(14(17)18-2)7-3-4-8-12-9-5-6-10-13(15)16-12/h11-12H,3-10H2,1-2H3,(H2,15,16)/t11-,12?/m0/s1. The summed E-state index contributed by atoms with van der Waals surface area (Å²) < 4.78 is 4.71. The first-order valence-electron chi connectivity index (χ1n) is 7.03. The molecule has 0 spiro atoms. The van der Waals surface area contributed by atoms with Crippen LogP contribution in [-0.4, -0.2) is 25.0 Å². The number of unbranched alkanes of at least 4 members (excludes halogenated alkanes) is 1. The van der Waals surface area contributed by atoms with E-state index in [2.05, 4.69) is 4.99 Å². The van der Waals surface area contributed by atoms with Crippen molar-refractivity contribution in [3.05, 3.63) is 0 Å². The number of nitrogens with zero attached hydrogens (tertiary/aromatic N) is 1. The van der Waals surface area contributed by atoms with Crippen molar-refractivity contribution in [1.82, 2.24) is 0 Å². The molecule has 4 heteroatoms. The topological polar surface area (TPSA) is 64.7 Å². The molecule has 0 bridgehead atoms. The van der Waals surface area contributed by atoms with Crippen LogP contribution in [0.2, 0.25) is 0 Å². The van der Waals surface area contributed by atoms with E-state index in [4.69, 9.17) is 10.5 Å². The minimum atomic E-state index is -0.105. The van der Waals surface area contributed by atoms with Gasteiger partial charge in [-0.25, -0.2) is 0 Å². The van der Waals surface area contributed by atoms with Gasteiger partial charge in [-0.15, -0.1) is 0 Å². The summed E-state index contributed by atoms with van der Waals surface area (Å²) in [5, 5.41) is 0. The number of hydrogen-bond donors (Lipinski definition) is 1. The zero-order chi connectivity index (χ0) is 13.4. The van der Waals surface area contributed by atoms with Gasteiger partial charge < -0.3 is 10.5 Å². The fourth-order valence-corrected chi connectivity index (χ4v) is 2.41. The van der Waals surface area contributed by atoms with Gasteiger partial charge in [0, 0.05) is 6.42 Å². The highest BCUT2D eigenvalue weighted by Gasteiger charge is 2.14. The zero-order valence-electron chi connectivity index (χ0n) is 11.7. The molecular formula is C14H26N2O2. The van der Waals surface area contributed by atoms with E-state index in [-0.39, 0.29) is 11.9 Å². The first-order valence-corrected chi connectivity index (χ1v) is 7.03. The molecule has 1 rings (SSSR count). The Kier molecular flexibility index (Phi) is 6.76. The quantitative estimate of drug-likeness (QED) is 0.585. The fraction of sp³-hybridized carbons (Fsp3) is 0.857. The lowest BCUT2D eigenvalue weighted by Crippen LogP contribution is -2.14. The Morgan fingerprint density at radius 2 is 2.28 bits per heavy atom. The van der Waals surface area contributed by atoms with Gasteiger partial charge in [0.2, 0.25) is 0 Å². The maximum Gasteiger partial charge on any atom is 0.308 e. The van der Waals surface area contributed by atoms with Crippen LogP contribution in [0, 0.1) is 5.92 Å². The zero-order valence-corrected chi connectivity index (χ0v) is 11.7. The Labute approximate surface area is 110 Å². The highest BCUT2D eigenvalue weighted by Crippen LogP contribution is 2.19. The summed E-state index contributed by atoms with van der Waals surface area (Å²) >= 11 is 0. The van der Waals surface area contributed by atoms with E-state index in [1.165, 1.54) is 20.0 Å². The number of rotatable bonds is 6. The summed E-state index contributed by atoms with van der Waals surface area (Å²) in [6.07, 6.45) is 8.68. The number of ether oxygens (including phenoxy) is 1. The van der Waals surface area contributed by atoms with Crippen LogP contribution in [0.3, 0.4) is 0 Å². The molecule has 0 aromatic carbocycles. The van der Waals surface area contributed by atoms with Crippen molar-refractivity contribution >= 4 is 11.8 Å². The minimum Gasteiger partial charge on any atom is -0.469 e. The molecule has 0 aromatic rings. The average Bonchev–Trinajstić information content (AvgIpc) is 2.57. The van der Waals surface area contributed by atoms with Crippen LogP contribution in [0.5, 0.6) is 0 Å². The van der Waals surface area contributed by atoms with E-state index >= 15 is 0 Å². The molecule has 2 N–H and O–H groups in total. The van der Waals surface area contributed by atoms with Crippen molar-refractivity contribution < 1.29 is 9.53 Å². The molecule has 0 fully saturated rings. The molecule has 1 aliphatic rings.